The molecule has 0 radical (unpaired) electrons. The van der Waals surface area contributed by atoms with Crippen molar-refractivity contribution in [1.29, 1.82) is 0 Å². The first-order chi connectivity index (χ1) is 17.1. The Morgan fingerprint density at radius 1 is 1.00 bits per heavy atom. The highest BCUT2D eigenvalue weighted by Gasteiger charge is 2.27. The van der Waals surface area contributed by atoms with Gasteiger partial charge in [0.25, 0.3) is 21.6 Å². The normalized spacial score (nSPS) is 10.8. The number of sulfonamides is 1. The Balaban J connectivity index is 1.77. The Kier molecular flexibility index (Phi) is 8.28. The molecule has 11 heteroatoms. The molecule has 36 heavy (non-hydrogen) atoms. The Morgan fingerprint density at radius 3 is 2.17 bits per heavy atom. The second-order valence-electron chi connectivity index (χ2n) is 7.71. The van der Waals surface area contributed by atoms with Crippen molar-refractivity contribution in [2.24, 2.45) is 0 Å². The summed E-state index contributed by atoms with van der Waals surface area (Å²) in [5.41, 5.74) is 7.01. The number of amides is 1. The molecule has 2 N–H and O–H groups in total. The number of anilines is 1. The Morgan fingerprint density at radius 2 is 1.61 bits per heavy atom. The summed E-state index contributed by atoms with van der Waals surface area (Å²) in [5, 5.41) is 10.8. The lowest BCUT2D eigenvalue weighted by Crippen LogP contribution is -2.45. The number of rotatable bonds is 11. The number of nitro benzene ring substituents is 1. The van der Waals surface area contributed by atoms with E-state index in [9.17, 15) is 23.3 Å². The van der Waals surface area contributed by atoms with Gasteiger partial charge in [-0.3, -0.25) is 30.1 Å². The molecule has 0 saturated carbocycles. The van der Waals surface area contributed by atoms with E-state index in [0.29, 0.717) is 23.6 Å². The average molecular weight is 511 g/mol. The number of non-ortho nitro benzene ring substituents is 1. The molecule has 1 amide bonds. The molecule has 10 nitrogen and oxygen atoms in total. The smallest absolute Gasteiger partial charge is 0.269 e. The molecule has 0 aliphatic carbocycles. The molecular weight excluding hydrogens is 484 g/mol. The first-order valence-corrected chi connectivity index (χ1v) is 12.4. The van der Waals surface area contributed by atoms with E-state index in [1.165, 1.54) is 36.4 Å². The van der Waals surface area contributed by atoms with Gasteiger partial charge in [0.05, 0.1) is 27.8 Å². The highest BCUT2D eigenvalue weighted by molar-refractivity contribution is 7.92. The van der Waals surface area contributed by atoms with E-state index >= 15 is 0 Å². The van der Waals surface area contributed by atoms with Crippen LogP contribution < -0.4 is 19.9 Å². The molecule has 0 heterocycles. The third-order valence-electron chi connectivity index (χ3n) is 5.11. The monoisotopic (exact) mass is 510 g/mol. The summed E-state index contributed by atoms with van der Waals surface area (Å²) in [6, 6.07) is 18.3. The van der Waals surface area contributed by atoms with Crippen molar-refractivity contribution in [2.45, 2.75) is 18.7 Å². The lowest BCUT2D eigenvalue weighted by atomic mass is 10.1. The molecule has 0 bridgehead atoms. The van der Waals surface area contributed by atoms with Crippen LogP contribution in [0, 0.1) is 17.0 Å². The number of hydrazine groups is 1. The number of ether oxygens (including phenoxy) is 1. The van der Waals surface area contributed by atoms with Gasteiger partial charge in [-0.1, -0.05) is 24.3 Å². The number of hydrogen-bond donors (Lipinski definition) is 2. The van der Waals surface area contributed by atoms with Crippen molar-refractivity contribution in [3.8, 4) is 5.75 Å². The fourth-order valence-corrected chi connectivity index (χ4v) is 4.62. The van der Waals surface area contributed by atoms with Gasteiger partial charge in [0.1, 0.15) is 12.3 Å². The van der Waals surface area contributed by atoms with Crippen molar-refractivity contribution >= 4 is 33.0 Å². The van der Waals surface area contributed by atoms with Crippen LogP contribution in [0.15, 0.2) is 84.3 Å². The lowest BCUT2D eigenvalue weighted by Gasteiger charge is -2.24. The summed E-state index contributed by atoms with van der Waals surface area (Å²) >= 11 is 0. The van der Waals surface area contributed by atoms with E-state index in [1.54, 1.807) is 36.4 Å². The summed E-state index contributed by atoms with van der Waals surface area (Å²) in [5.74, 6) is -0.113. The molecule has 0 spiro atoms. The van der Waals surface area contributed by atoms with Gasteiger partial charge in [-0.05, 0) is 67.9 Å². The molecule has 0 atom stereocenters. The van der Waals surface area contributed by atoms with Gasteiger partial charge in [-0.25, -0.2) is 8.42 Å². The molecule has 0 aliphatic rings. The van der Waals surface area contributed by atoms with E-state index < -0.39 is 27.4 Å². The van der Waals surface area contributed by atoms with Crippen LogP contribution in [0.4, 0.5) is 11.4 Å². The van der Waals surface area contributed by atoms with Crippen LogP contribution in [0.2, 0.25) is 0 Å². The molecular formula is C25H26N4O6S. The summed E-state index contributed by atoms with van der Waals surface area (Å²) in [6.07, 6.45) is 0. The van der Waals surface area contributed by atoms with Crippen LogP contribution in [0.1, 0.15) is 18.1 Å². The summed E-state index contributed by atoms with van der Waals surface area (Å²) in [7, 11) is -4.09. The van der Waals surface area contributed by atoms with Gasteiger partial charge < -0.3 is 4.74 Å². The number of carbonyl (C=O) groups excluding carboxylic acids is 1. The predicted octanol–water partition coefficient (Wildman–Crippen LogP) is 3.79. The summed E-state index contributed by atoms with van der Waals surface area (Å²) in [4.78, 5) is 23.1. The van der Waals surface area contributed by atoms with Crippen LogP contribution in [-0.2, 0) is 14.8 Å². The van der Waals surface area contributed by atoms with Crippen LogP contribution in [0.5, 0.6) is 5.75 Å². The van der Waals surface area contributed by atoms with Crippen molar-refractivity contribution in [1.82, 2.24) is 10.9 Å². The molecule has 0 saturated heterocycles. The van der Waals surface area contributed by atoms with E-state index in [4.69, 9.17) is 4.74 Å². The first kappa shape index (κ1) is 26.2. The quantitative estimate of drug-likeness (QED) is 0.296. The van der Waals surface area contributed by atoms with Gasteiger partial charge in [0, 0.05) is 12.1 Å². The number of nitro groups is 1. The van der Waals surface area contributed by atoms with Crippen LogP contribution in [0.25, 0.3) is 5.70 Å². The van der Waals surface area contributed by atoms with Gasteiger partial charge in [-0.2, -0.15) is 0 Å². The standard InChI is InChI=1S/C25H26N4O6S/c1-4-35-23-13-15-24(16-14-23)36(33,34)28(21-9-5-18(2)6-10-21)17-25(30)27-26-19(3)20-7-11-22(12-8-20)29(31)32/h5-16,26H,3-4,17H2,1-2H3,(H,27,30). The minimum atomic E-state index is -4.09. The maximum Gasteiger partial charge on any atom is 0.269 e. The number of nitrogens with one attached hydrogen (secondary N) is 2. The Labute approximate surface area is 209 Å². The fraction of sp³-hybridized carbons (Fsp3) is 0.160. The van der Waals surface area contributed by atoms with Gasteiger partial charge in [-0.15, -0.1) is 0 Å². The highest BCUT2D eigenvalue weighted by Crippen LogP contribution is 2.25. The molecule has 0 fully saturated rings. The minimum Gasteiger partial charge on any atom is -0.494 e. The van der Waals surface area contributed by atoms with Crippen molar-refractivity contribution in [3.05, 3.63) is 101 Å². The SMILES string of the molecule is C=C(NNC(=O)CN(c1ccc(C)cc1)S(=O)(=O)c1ccc(OCC)cc1)c1ccc([N+](=O)[O-])cc1. The number of aryl methyl sites for hydroxylation is 1. The van der Waals surface area contributed by atoms with E-state index in [0.717, 1.165) is 9.87 Å². The second kappa shape index (κ2) is 11.4. The third kappa shape index (κ3) is 6.39. The average Bonchev–Trinajstić information content (AvgIpc) is 2.87. The molecule has 188 valence electrons. The largest absolute Gasteiger partial charge is 0.494 e. The Bertz CT molecular complexity index is 1340. The summed E-state index contributed by atoms with van der Waals surface area (Å²) in [6.45, 7) is 7.42. The predicted molar refractivity (Wildman–Crippen MR) is 137 cm³/mol. The highest BCUT2D eigenvalue weighted by atomic mass is 32.2. The maximum absolute atomic E-state index is 13.5. The van der Waals surface area contributed by atoms with Gasteiger partial charge >= 0.3 is 0 Å². The molecule has 3 aromatic carbocycles. The van der Waals surface area contributed by atoms with Crippen LogP contribution in [-0.4, -0.2) is 32.4 Å². The number of benzene rings is 3. The van der Waals surface area contributed by atoms with Crippen LogP contribution >= 0.6 is 0 Å². The maximum atomic E-state index is 13.5. The third-order valence-corrected chi connectivity index (χ3v) is 6.90. The zero-order chi connectivity index (χ0) is 26.3. The van der Waals surface area contributed by atoms with Gasteiger partial charge in [0.2, 0.25) is 0 Å². The van der Waals surface area contributed by atoms with E-state index in [-0.39, 0.29) is 16.3 Å². The lowest BCUT2D eigenvalue weighted by molar-refractivity contribution is -0.384. The summed E-state index contributed by atoms with van der Waals surface area (Å²) < 4.78 is 33.4. The van der Waals surface area contributed by atoms with E-state index in [1.807, 2.05) is 13.8 Å². The molecule has 3 aromatic rings. The zero-order valence-electron chi connectivity index (χ0n) is 19.8. The zero-order valence-corrected chi connectivity index (χ0v) is 20.6. The number of hydrogen-bond acceptors (Lipinski definition) is 7. The second-order valence-corrected chi connectivity index (χ2v) is 9.57. The van der Waals surface area contributed by atoms with Crippen molar-refractivity contribution in [3.63, 3.8) is 0 Å². The number of carbonyl (C=O) groups is 1. The number of nitrogens with zero attached hydrogens (tertiary/aromatic N) is 2. The van der Waals surface area contributed by atoms with Crippen molar-refractivity contribution < 1.29 is 22.9 Å². The Hall–Kier alpha value is -4.38. The minimum absolute atomic E-state index is 0.00239. The van der Waals surface area contributed by atoms with Crippen molar-refractivity contribution in [2.75, 3.05) is 17.5 Å². The van der Waals surface area contributed by atoms with Crippen LogP contribution in [0.3, 0.4) is 0 Å². The molecule has 0 aromatic heterocycles. The fourth-order valence-electron chi connectivity index (χ4n) is 3.20. The molecule has 0 unspecified atom stereocenters. The first-order valence-electron chi connectivity index (χ1n) is 10.9. The molecule has 3 rings (SSSR count). The van der Waals surface area contributed by atoms with Gasteiger partial charge in [0.15, 0.2) is 0 Å². The topological polar surface area (TPSA) is 131 Å². The molecule has 0 aliphatic heterocycles. The van der Waals surface area contributed by atoms with E-state index in [2.05, 4.69) is 17.4 Å².